The third-order valence-electron chi connectivity index (χ3n) is 2.85. The van der Waals surface area contributed by atoms with Gasteiger partial charge in [-0.25, -0.2) is 0 Å². The van der Waals surface area contributed by atoms with Crippen molar-refractivity contribution in [1.29, 1.82) is 0 Å². The summed E-state index contributed by atoms with van der Waals surface area (Å²) in [7, 11) is 3.57. The van der Waals surface area contributed by atoms with Gasteiger partial charge >= 0.3 is 0 Å². The summed E-state index contributed by atoms with van der Waals surface area (Å²) in [6.07, 6.45) is 3.40. The monoisotopic (exact) mass is 262 g/mol. The lowest BCUT2D eigenvalue weighted by molar-refractivity contribution is 0.414. The second-order valence-electron chi connectivity index (χ2n) is 3.89. The highest BCUT2D eigenvalue weighted by Gasteiger charge is 2.14. The zero-order chi connectivity index (χ0) is 13.0. The Morgan fingerprint density at radius 2 is 1.94 bits per heavy atom. The molecule has 0 saturated carbocycles. The van der Waals surface area contributed by atoms with Crippen molar-refractivity contribution in [2.45, 2.75) is 6.04 Å². The number of hydrogen-bond acceptors (Lipinski definition) is 3. The molecule has 0 fully saturated rings. The molecule has 0 aliphatic heterocycles. The van der Waals surface area contributed by atoms with Gasteiger partial charge in [0, 0.05) is 12.4 Å². The summed E-state index contributed by atoms with van der Waals surface area (Å²) in [5, 5.41) is 3.92. The Morgan fingerprint density at radius 3 is 2.50 bits per heavy atom. The Hall–Kier alpha value is -1.58. The summed E-state index contributed by atoms with van der Waals surface area (Å²) in [5.74, 6) is 0.842. The Balaban J connectivity index is 2.36. The maximum absolute atomic E-state index is 6.18. The highest BCUT2D eigenvalue weighted by atomic mass is 35.5. The lowest BCUT2D eigenvalue weighted by atomic mass is 10.00. The van der Waals surface area contributed by atoms with Crippen molar-refractivity contribution >= 4 is 11.6 Å². The topological polar surface area (TPSA) is 34.1 Å². The number of rotatable bonds is 4. The highest BCUT2D eigenvalue weighted by Crippen LogP contribution is 2.28. The van der Waals surface area contributed by atoms with E-state index in [9.17, 15) is 0 Å². The van der Waals surface area contributed by atoms with Gasteiger partial charge in [-0.1, -0.05) is 23.7 Å². The number of nitrogens with one attached hydrogen (secondary N) is 1. The van der Waals surface area contributed by atoms with Gasteiger partial charge in [0.15, 0.2) is 0 Å². The van der Waals surface area contributed by atoms with Gasteiger partial charge in [-0.2, -0.15) is 0 Å². The molecule has 2 rings (SSSR count). The number of methoxy groups -OCH3 is 1. The first-order valence-electron chi connectivity index (χ1n) is 5.67. The van der Waals surface area contributed by atoms with Gasteiger partial charge in [-0.15, -0.1) is 0 Å². The molecule has 0 saturated heterocycles. The molecule has 1 aromatic carbocycles. The second-order valence-corrected chi connectivity index (χ2v) is 4.30. The number of hydrogen-bond donors (Lipinski definition) is 1. The first-order valence-corrected chi connectivity index (χ1v) is 6.04. The first-order chi connectivity index (χ1) is 8.76. The van der Waals surface area contributed by atoms with E-state index in [1.165, 1.54) is 0 Å². The van der Waals surface area contributed by atoms with Gasteiger partial charge in [-0.05, 0) is 36.4 Å². The van der Waals surface area contributed by atoms with Crippen LogP contribution in [0.1, 0.15) is 17.2 Å². The Morgan fingerprint density at radius 1 is 1.22 bits per heavy atom. The van der Waals surface area contributed by atoms with Crippen LogP contribution in [0.3, 0.4) is 0 Å². The fourth-order valence-corrected chi connectivity index (χ4v) is 2.15. The van der Waals surface area contributed by atoms with Crippen LogP contribution in [0.25, 0.3) is 0 Å². The fourth-order valence-electron chi connectivity index (χ4n) is 1.92. The molecule has 1 aromatic heterocycles. The molecule has 0 aliphatic carbocycles. The van der Waals surface area contributed by atoms with Crippen molar-refractivity contribution in [3.63, 3.8) is 0 Å². The number of nitrogens with zero attached hydrogens (tertiary/aromatic N) is 1. The lowest BCUT2D eigenvalue weighted by Gasteiger charge is -2.18. The third kappa shape index (κ3) is 2.63. The largest absolute Gasteiger partial charge is 0.497 e. The maximum Gasteiger partial charge on any atom is 0.118 e. The summed E-state index contributed by atoms with van der Waals surface area (Å²) >= 11 is 6.18. The number of halogens is 1. The molecule has 94 valence electrons. The zero-order valence-electron chi connectivity index (χ0n) is 10.4. The predicted octanol–water partition coefficient (Wildman–Crippen LogP) is 3.05. The van der Waals surface area contributed by atoms with Crippen LogP contribution in [0.4, 0.5) is 0 Å². The summed E-state index contributed by atoms with van der Waals surface area (Å²) in [4.78, 5) is 4.00. The molecule has 4 heteroatoms. The van der Waals surface area contributed by atoms with Crippen LogP contribution < -0.4 is 10.1 Å². The van der Waals surface area contributed by atoms with Gasteiger partial charge in [0.05, 0.1) is 18.2 Å². The van der Waals surface area contributed by atoms with Crippen LogP contribution in [0.5, 0.6) is 5.75 Å². The molecule has 0 aliphatic rings. The van der Waals surface area contributed by atoms with E-state index < -0.39 is 0 Å². The van der Waals surface area contributed by atoms with E-state index in [4.69, 9.17) is 16.3 Å². The van der Waals surface area contributed by atoms with Crippen molar-refractivity contribution in [3.05, 3.63) is 58.9 Å². The summed E-state index contributed by atoms with van der Waals surface area (Å²) in [5.41, 5.74) is 2.14. The summed E-state index contributed by atoms with van der Waals surface area (Å²) in [6.45, 7) is 0. The number of pyridine rings is 1. The predicted molar refractivity (Wildman–Crippen MR) is 73.1 cm³/mol. The molecule has 2 aromatic rings. The van der Waals surface area contributed by atoms with E-state index in [1.54, 1.807) is 19.5 Å². The Kier molecular flexibility index (Phi) is 4.18. The highest BCUT2D eigenvalue weighted by molar-refractivity contribution is 6.31. The van der Waals surface area contributed by atoms with Crippen LogP contribution in [0.15, 0.2) is 42.7 Å². The quantitative estimate of drug-likeness (QED) is 0.920. The van der Waals surface area contributed by atoms with Gasteiger partial charge < -0.3 is 10.1 Å². The van der Waals surface area contributed by atoms with E-state index in [1.807, 2.05) is 37.4 Å². The van der Waals surface area contributed by atoms with Crippen LogP contribution in [0.2, 0.25) is 5.02 Å². The minimum absolute atomic E-state index is 0.0476. The fraction of sp³-hybridized carbons (Fsp3) is 0.214. The second kappa shape index (κ2) is 5.85. The summed E-state index contributed by atoms with van der Waals surface area (Å²) < 4.78 is 5.16. The zero-order valence-corrected chi connectivity index (χ0v) is 11.1. The van der Waals surface area contributed by atoms with Gasteiger partial charge in [0.25, 0.3) is 0 Å². The SMILES string of the molecule is CNC(c1ccc(OC)cc1)c1ccncc1Cl. The Labute approximate surface area is 112 Å². The van der Waals surface area contributed by atoms with Crippen molar-refractivity contribution in [2.75, 3.05) is 14.2 Å². The van der Waals surface area contributed by atoms with Gasteiger partial charge in [0.2, 0.25) is 0 Å². The number of ether oxygens (including phenoxy) is 1. The van der Waals surface area contributed by atoms with Gasteiger partial charge in [-0.3, -0.25) is 4.98 Å². The molecule has 1 N–H and O–H groups in total. The van der Waals surface area contributed by atoms with Crippen LogP contribution in [-0.4, -0.2) is 19.1 Å². The van der Waals surface area contributed by atoms with Crippen LogP contribution in [0, 0.1) is 0 Å². The van der Waals surface area contributed by atoms with E-state index in [0.717, 1.165) is 16.9 Å². The average Bonchev–Trinajstić information content (AvgIpc) is 2.42. The van der Waals surface area contributed by atoms with Crippen LogP contribution >= 0.6 is 11.6 Å². The minimum Gasteiger partial charge on any atom is -0.497 e. The molecule has 1 heterocycles. The van der Waals surface area contributed by atoms with Crippen molar-refractivity contribution < 1.29 is 4.74 Å². The van der Waals surface area contributed by atoms with E-state index >= 15 is 0 Å². The molecule has 0 bridgehead atoms. The molecular formula is C14H15ClN2O. The molecule has 0 amide bonds. The summed E-state index contributed by atoms with van der Waals surface area (Å²) in [6, 6.07) is 9.90. The van der Waals surface area contributed by atoms with Crippen LogP contribution in [-0.2, 0) is 0 Å². The Bertz CT molecular complexity index is 513. The van der Waals surface area contributed by atoms with Crippen molar-refractivity contribution in [2.24, 2.45) is 0 Å². The molecule has 18 heavy (non-hydrogen) atoms. The standard InChI is InChI=1S/C14H15ClN2O/c1-16-14(12-7-8-17-9-13(12)15)10-3-5-11(18-2)6-4-10/h3-9,14,16H,1-2H3. The molecule has 0 spiro atoms. The average molecular weight is 263 g/mol. The lowest BCUT2D eigenvalue weighted by Crippen LogP contribution is -2.18. The van der Waals surface area contributed by atoms with Gasteiger partial charge in [0.1, 0.15) is 5.75 Å². The molecule has 0 radical (unpaired) electrons. The molecule has 1 unspecified atom stereocenters. The van der Waals surface area contributed by atoms with Crippen molar-refractivity contribution in [1.82, 2.24) is 10.3 Å². The number of benzene rings is 1. The maximum atomic E-state index is 6.18. The molecule has 1 atom stereocenters. The minimum atomic E-state index is 0.0476. The van der Waals surface area contributed by atoms with E-state index in [0.29, 0.717) is 5.02 Å². The molecule has 3 nitrogen and oxygen atoms in total. The van der Waals surface area contributed by atoms with E-state index in [-0.39, 0.29) is 6.04 Å². The number of aromatic nitrogens is 1. The normalized spacial score (nSPS) is 12.2. The third-order valence-corrected chi connectivity index (χ3v) is 3.17. The van der Waals surface area contributed by atoms with Crippen molar-refractivity contribution in [3.8, 4) is 5.75 Å². The first kappa shape index (κ1) is 12.9. The smallest absolute Gasteiger partial charge is 0.118 e. The van der Waals surface area contributed by atoms with E-state index in [2.05, 4.69) is 10.3 Å². The molecular weight excluding hydrogens is 248 g/mol.